The molecule has 0 aromatic heterocycles. The first-order chi connectivity index (χ1) is 11.8. The van der Waals surface area contributed by atoms with Gasteiger partial charge in [0.1, 0.15) is 0 Å². The van der Waals surface area contributed by atoms with Gasteiger partial charge in [-0.1, -0.05) is 0 Å². The Kier molecular flexibility index (Phi) is 8.63. The standard InChI is InChI=1S/C18H27N3O4/c1-5-25-18(24)15-6-8-16(9-7-15)21(14(2)22)12-10-17(23)19-11-13-20(3)4/h6-9H,5,10-13H2,1-4H3,(H,19,23). The van der Waals surface area contributed by atoms with Gasteiger partial charge in [-0.05, 0) is 45.3 Å². The highest BCUT2D eigenvalue weighted by Crippen LogP contribution is 2.16. The van der Waals surface area contributed by atoms with Crippen molar-refractivity contribution < 1.29 is 19.1 Å². The summed E-state index contributed by atoms with van der Waals surface area (Å²) in [4.78, 5) is 38.9. The van der Waals surface area contributed by atoms with Crippen molar-refractivity contribution in [2.45, 2.75) is 20.3 Å². The summed E-state index contributed by atoms with van der Waals surface area (Å²) in [6, 6.07) is 6.58. The Hall–Kier alpha value is -2.41. The Labute approximate surface area is 148 Å². The summed E-state index contributed by atoms with van der Waals surface area (Å²) in [6.45, 7) is 5.11. The van der Waals surface area contributed by atoms with Gasteiger partial charge in [0.15, 0.2) is 0 Å². The van der Waals surface area contributed by atoms with Crippen LogP contribution in [0, 0.1) is 0 Å². The molecular weight excluding hydrogens is 322 g/mol. The van der Waals surface area contributed by atoms with Crippen LogP contribution in [0.5, 0.6) is 0 Å². The third-order valence-corrected chi connectivity index (χ3v) is 3.51. The maximum absolute atomic E-state index is 11.9. The molecule has 0 heterocycles. The van der Waals surface area contributed by atoms with Crippen molar-refractivity contribution in [3.05, 3.63) is 29.8 Å². The van der Waals surface area contributed by atoms with E-state index in [2.05, 4.69) is 5.32 Å². The molecule has 7 heteroatoms. The zero-order valence-corrected chi connectivity index (χ0v) is 15.4. The quantitative estimate of drug-likeness (QED) is 0.680. The first kappa shape index (κ1) is 20.6. The van der Waals surface area contributed by atoms with Gasteiger partial charge in [-0.3, -0.25) is 9.59 Å². The van der Waals surface area contributed by atoms with Crippen molar-refractivity contribution in [3.63, 3.8) is 0 Å². The second-order valence-electron chi connectivity index (χ2n) is 5.84. The number of rotatable bonds is 9. The molecule has 0 aliphatic rings. The number of nitrogens with zero attached hydrogens (tertiary/aromatic N) is 2. The zero-order chi connectivity index (χ0) is 18.8. The van der Waals surface area contributed by atoms with Crippen molar-refractivity contribution in [1.29, 1.82) is 0 Å². The third kappa shape index (κ3) is 7.34. The predicted octanol–water partition coefficient (Wildman–Crippen LogP) is 1.28. The number of hydrogen-bond acceptors (Lipinski definition) is 5. The SMILES string of the molecule is CCOC(=O)c1ccc(N(CCC(=O)NCCN(C)C)C(C)=O)cc1. The molecule has 0 spiro atoms. The maximum atomic E-state index is 11.9. The highest BCUT2D eigenvalue weighted by atomic mass is 16.5. The van der Waals surface area contributed by atoms with Crippen molar-refractivity contribution >= 4 is 23.5 Å². The van der Waals surface area contributed by atoms with Crippen LogP contribution < -0.4 is 10.2 Å². The van der Waals surface area contributed by atoms with E-state index in [0.717, 1.165) is 6.54 Å². The molecule has 7 nitrogen and oxygen atoms in total. The topological polar surface area (TPSA) is 79.0 Å². The van der Waals surface area contributed by atoms with Crippen LogP contribution in [-0.4, -0.2) is 63.0 Å². The van der Waals surface area contributed by atoms with Crippen molar-refractivity contribution in [3.8, 4) is 0 Å². The van der Waals surface area contributed by atoms with Gasteiger partial charge in [-0.2, -0.15) is 0 Å². The lowest BCUT2D eigenvalue weighted by molar-refractivity contribution is -0.121. The smallest absolute Gasteiger partial charge is 0.338 e. The number of likely N-dealkylation sites (N-methyl/N-ethyl adjacent to an activating group) is 1. The number of hydrogen-bond donors (Lipinski definition) is 1. The van der Waals surface area contributed by atoms with Crippen LogP contribution in [0.2, 0.25) is 0 Å². The molecule has 0 unspecified atom stereocenters. The second kappa shape index (κ2) is 10.5. The highest BCUT2D eigenvalue weighted by molar-refractivity contribution is 5.94. The Morgan fingerprint density at radius 3 is 2.24 bits per heavy atom. The molecule has 2 amide bonds. The van der Waals surface area contributed by atoms with Crippen LogP contribution in [-0.2, 0) is 14.3 Å². The number of anilines is 1. The molecule has 0 saturated heterocycles. The molecule has 1 aromatic rings. The van der Waals surface area contributed by atoms with E-state index in [0.29, 0.717) is 24.4 Å². The molecule has 0 aliphatic heterocycles. The summed E-state index contributed by atoms with van der Waals surface area (Å²) in [5.41, 5.74) is 1.07. The minimum atomic E-state index is -0.399. The molecule has 0 atom stereocenters. The van der Waals surface area contributed by atoms with Gasteiger partial charge < -0.3 is 19.9 Å². The second-order valence-corrected chi connectivity index (χ2v) is 5.84. The molecule has 0 fully saturated rings. The van der Waals surface area contributed by atoms with E-state index in [1.54, 1.807) is 31.2 Å². The van der Waals surface area contributed by atoms with Crippen molar-refractivity contribution in [1.82, 2.24) is 10.2 Å². The van der Waals surface area contributed by atoms with Gasteiger partial charge in [-0.25, -0.2) is 4.79 Å². The lowest BCUT2D eigenvalue weighted by atomic mass is 10.2. The van der Waals surface area contributed by atoms with Gasteiger partial charge in [0.2, 0.25) is 11.8 Å². The summed E-state index contributed by atoms with van der Waals surface area (Å²) in [6.07, 6.45) is 0.215. The fourth-order valence-electron chi connectivity index (χ4n) is 2.18. The Morgan fingerprint density at radius 2 is 1.72 bits per heavy atom. The van der Waals surface area contributed by atoms with Gasteiger partial charge in [0.05, 0.1) is 12.2 Å². The molecule has 1 aromatic carbocycles. The van der Waals surface area contributed by atoms with E-state index in [-0.39, 0.29) is 24.8 Å². The largest absolute Gasteiger partial charge is 0.462 e. The first-order valence-electron chi connectivity index (χ1n) is 8.31. The minimum Gasteiger partial charge on any atom is -0.462 e. The van der Waals surface area contributed by atoms with E-state index >= 15 is 0 Å². The van der Waals surface area contributed by atoms with Crippen LogP contribution in [0.15, 0.2) is 24.3 Å². The fourth-order valence-corrected chi connectivity index (χ4v) is 2.18. The number of carbonyl (C=O) groups is 3. The van der Waals surface area contributed by atoms with Gasteiger partial charge >= 0.3 is 5.97 Å². The summed E-state index contributed by atoms with van der Waals surface area (Å²) in [5.74, 6) is -0.662. The van der Waals surface area contributed by atoms with E-state index in [1.807, 2.05) is 19.0 Å². The Morgan fingerprint density at radius 1 is 1.08 bits per heavy atom. The molecule has 0 radical (unpaired) electrons. The summed E-state index contributed by atoms with van der Waals surface area (Å²) >= 11 is 0. The number of carbonyl (C=O) groups excluding carboxylic acids is 3. The molecule has 138 valence electrons. The van der Waals surface area contributed by atoms with Gasteiger partial charge in [-0.15, -0.1) is 0 Å². The van der Waals surface area contributed by atoms with Crippen molar-refractivity contribution in [2.75, 3.05) is 45.2 Å². The Balaban J connectivity index is 2.63. The molecule has 1 rings (SSSR count). The average molecular weight is 349 g/mol. The monoisotopic (exact) mass is 349 g/mol. The first-order valence-corrected chi connectivity index (χ1v) is 8.31. The molecule has 0 bridgehead atoms. The van der Waals surface area contributed by atoms with E-state index < -0.39 is 5.97 Å². The molecule has 0 aliphatic carbocycles. The maximum Gasteiger partial charge on any atom is 0.338 e. The number of amides is 2. The van der Waals surface area contributed by atoms with E-state index in [9.17, 15) is 14.4 Å². The number of esters is 1. The summed E-state index contributed by atoms with van der Waals surface area (Å²) in [5, 5.41) is 2.82. The van der Waals surface area contributed by atoms with Crippen LogP contribution in [0.4, 0.5) is 5.69 Å². The molecule has 1 N–H and O–H groups in total. The normalized spacial score (nSPS) is 10.4. The van der Waals surface area contributed by atoms with Crippen LogP contribution >= 0.6 is 0 Å². The molecule has 0 saturated carbocycles. The van der Waals surface area contributed by atoms with Gasteiger partial charge in [0.25, 0.3) is 0 Å². The molecular formula is C18H27N3O4. The number of ether oxygens (including phenoxy) is 1. The zero-order valence-electron chi connectivity index (χ0n) is 15.4. The lowest BCUT2D eigenvalue weighted by Crippen LogP contribution is -2.36. The van der Waals surface area contributed by atoms with E-state index in [4.69, 9.17) is 4.74 Å². The lowest BCUT2D eigenvalue weighted by Gasteiger charge is -2.21. The number of benzene rings is 1. The van der Waals surface area contributed by atoms with Crippen LogP contribution in [0.3, 0.4) is 0 Å². The Bertz CT molecular complexity index is 584. The predicted molar refractivity (Wildman–Crippen MR) is 96.6 cm³/mol. The third-order valence-electron chi connectivity index (χ3n) is 3.51. The summed E-state index contributed by atoms with van der Waals surface area (Å²) in [7, 11) is 3.87. The van der Waals surface area contributed by atoms with Crippen LogP contribution in [0.1, 0.15) is 30.6 Å². The minimum absolute atomic E-state index is 0.101. The molecule has 25 heavy (non-hydrogen) atoms. The summed E-state index contributed by atoms with van der Waals surface area (Å²) < 4.78 is 4.93. The van der Waals surface area contributed by atoms with Crippen LogP contribution in [0.25, 0.3) is 0 Å². The van der Waals surface area contributed by atoms with Gasteiger partial charge in [0, 0.05) is 38.7 Å². The van der Waals surface area contributed by atoms with Crippen molar-refractivity contribution in [2.24, 2.45) is 0 Å². The fraction of sp³-hybridized carbons (Fsp3) is 0.500. The van der Waals surface area contributed by atoms with E-state index in [1.165, 1.54) is 11.8 Å². The average Bonchev–Trinajstić information content (AvgIpc) is 2.55. The highest BCUT2D eigenvalue weighted by Gasteiger charge is 2.14. The number of nitrogens with one attached hydrogen (secondary N) is 1.